The third-order valence-corrected chi connectivity index (χ3v) is 4.90. The molecule has 0 aromatic carbocycles. The maximum atomic E-state index is 6.41. The largest absolute Gasteiger partial charge is 0.308 e. The van der Waals surface area contributed by atoms with Gasteiger partial charge in [0.15, 0.2) is 5.65 Å². The lowest BCUT2D eigenvalue weighted by molar-refractivity contribution is 0.183. The summed E-state index contributed by atoms with van der Waals surface area (Å²) in [5, 5.41) is -0.0939. The molecule has 21 heavy (non-hydrogen) atoms. The van der Waals surface area contributed by atoms with Crippen LogP contribution in [-0.4, -0.2) is 14.5 Å². The fourth-order valence-electron chi connectivity index (χ4n) is 3.65. The third kappa shape index (κ3) is 2.68. The Bertz CT molecular complexity index is 657. The first kappa shape index (κ1) is 14.8. The molecule has 1 aliphatic rings. The summed E-state index contributed by atoms with van der Waals surface area (Å²) in [4.78, 5) is 9.41. The van der Waals surface area contributed by atoms with E-state index in [0.717, 1.165) is 17.0 Å². The van der Waals surface area contributed by atoms with Crippen LogP contribution in [0.4, 0.5) is 0 Å². The summed E-state index contributed by atoms with van der Waals surface area (Å²) in [5.74, 6) is 0.969. The van der Waals surface area contributed by atoms with Gasteiger partial charge in [0.1, 0.15) is 11.3 Å². The van der Waals surface area contributed by atoms with Gasteiger partial charge < -0.3 is 4.57 Å². The number of imidazole rings is 1. The van der Waals surface area contributed by atoms with Gasteiger partial charge in [0.2, 0.25) is 0 Å². The van der Waals surface area contributed by atoms with Gasteiger partial charge in [-0.05, 0) is 50.2 Å². The highest BCUT2D eigenvalue weighted by Crippen LogP contribution is 2.43. The number of hydrogen-bond donors (Lipinski definition) is 0. The number of aromatic nitrogens is 3. The van der Waals surface area contributed by atoms with Crippen molar-refractivity contribution < 1.29 is 0 Å². The average molecular weight is 306 g/mol. The molecule has 114 valence electrons. The molecule has 2 aromatic heterocycles. The van der Waals surface area contributed by atoms with Crippen molar-refractivity contribution in [1.82, 2.24) is 14.5 Å². The van der Waals surface area contributed by atoms with E-state index < -0.39 is 0 Å². The highest BCUT2D eigenvalue weighted by atomic mass is 35.5. The number of fused-ring (bicyclic) bond motifs is 1. The minimum absolute atomic E-state index is 0.0939. The Kier molecular flexibility index (Phi) is 3.73. The molecule has 1 fully saturated rings. The first-order chi connectivity index (χ1) is 9.89. The highest BCUT2D eigenvalue weighted by Gasteiger charge is 2.32. The highest BCUT2D eigenvalue weighted by molar-refractivity contribution is 6.20. The van der Waals surface area contributed by atoms with Gasteiger partial charge in [-0.1, -0.05) is 20.3 Å². The van der Waals surface area contributed by atoms with E-state index in [0.29, 0.717) is 11.5 Å². The van der Waals surface area contributed by atoms with Crippen molar-refractivity contribution in [3.8, 4) is 0 Å². The van der Waals surface area contributed by atoms with Crippen molar-refractivity contribution in [2.45, 2.75) is 64.8 Å². The summed E-state index contributed by atoms with van der Waals surface area (Å²) in [6, 6.07) is 2.48. The summed E-state index contributed by atoms with van der Waals surface area (Å²) in [5.41, 5.74) is 3.56. The minimum atomic E-state index is -0.0939. The molecule has 0 radical (unpaired) electrons. The Hall–Kier alpha value is -1.09. The summed E-state index contributed by atoms with van der Waals surface area (Å²) in [6.07, 6.45) is 6.81. The van der Waals surface area contributed by atoms with Crippen LogP contribution < -0.4 is 0 Å². The molecule has 0 saturated heterocycles. The first-order valence-corrected chi connectivity index (χ1v) is 8.30. The molecule has 2 atom stereocenters. The lowest BCUT2D eigenvalue weighted by atomic mass is 9.75. The van der Waals surface area contributed by atoms with Gasteiger partial charge in [-0.3, -0.25) is 0 Å². The van der Waals surface area contributed by atoms with E-state index in [2.05, 4.69) is 30.3 Å². The van der Waals surface area contributed by atoms with Gasteiger partial charge in [0, 0.05) is 12.2 Å². The van der Waals surface area contributed by atoms with E-state index in [1.165, 1.54) is 31.2 Å². The van der Waals surface area contributed by atoms with Gasteiger partial charge in [-0.15, -0.1) is 11.6 Å². The molecule has 0 amide bonds. The minimum Gasteiger partial charge on any atom is -0.308 e. The number of nitrogens with zero attached hydrogens (tertiary/aromatic N) is 3. The van der Waals surface area contributed by atoms with E-state index in [4.69, 9.17) is 16.6 Å². The van der Waals surface area contributed by atoms with Crippen molar-refractivity contribution in [2.75, 3.05) is 0 Å². The van der Waals surface area contributed by atoms with Crippen LogP contribution in [0.5, 0.6) is 0 Å². The molecule has 2 heterocycles. The molecule has 1 saturated carbocycles. The van der Waals surface area contributed by atoms with Gasteiger partial charge in [-0.2, -0.15) is 0 Å². The molecule has 0 aliphatic heterocycles. The van der Waals surface area contributed by atoms with Crippen molar-refractivity contribution in [2.24, 2.45) is 5.41 Å². The lowest BCUT2D eigenvalue weighted by Crippen LogP contribution is -2.26. The first-order valence-electron chi connectivity index (χ1n) is 7.86. The number of pyridine rings is 1. The van der Waals surface area contributed by atoms with Crippen LogP contribution in [0.1, 0.15) is 69.3 Å². The second kappa shape index (κ2) is 5.28. The second-order valence-electron chi connectivity index (χ2n) is 7.17. The van der Waals surface area contributed by atoms with Crippen LogP contribution in [0.25, 0.3) is 11.2 Å². The summed E-state index contributed by atoms with van der Waals surface area (Å²) < 4.78 is 2.32. The number of hydrogen-bond acceptors (Lipinski definition) is 2. The Morgan fingerprint density at radius 1 is 1.43 bits per heavy atom. The normalized spacial score (nSPS) is 23.4. The number of halogens is 1. The smallest absolute Gasteiger partial charge is 0.160 e. The number of aryl methyl sites for hydroxylation is 1. The molecule has 0 N–H and O–H groups in total. The molecule has 1 aliphatic carbocycles. The maximum Gasteiger partial charge on any atom is 0.160 e. The molecule has 3 rings (SSSR count). The molecular weight excluding hydrogens is 282 g/mol. The van der Waals surface area contributed by atoms with Crippen LogP contribution in [0.15, 0.2) is 12.3 Å². The van der Waals surface area contributed by atoms with Crippen LogP contribution in [0.3, 0.4) is 0 Å². The predicted octanol–water partition coefficient (Wildman–Crippen LogP) is 5.18. The molecule has 0 bridgehead atoms. The standard InChI is InChI=1S/C17H24ClN3/c1-11-7-9-19-16-14(11)20-15(12(2)18)21(16)13-6-5-8-17(3,4)10-13/h7,9,12-13H,5-6,8,10H2,1-4H3. The van der Waals surface area contributed by atoms with Crippen molar-refractivity contribution in [3.05, 3.63) is 23.7 Å². The van der Waals surface area contributed by atoms with Crippen LogP contribution >= 0.6 is 11.6 Å². The Balaban J connectivity index is 2.16. The Morgan fingerprint density at radius 2 is 2.19 bits per heavy atom. The zero-order valence-corrected chi connectivity index (χ0v) is 14.1. The van der Waals surface area contributed by atoms with Crippen molar-refractivity contribution in [1.29, 1.82) is 0 Å². The maximum absolute atomic E-state index is 6.41. The SMILES string of the molecule is Cc1ccnc2c1nc(C(C)Cl)n2C1CCCC(C)(C)C1. The molecule has 0 spiro atoms. The van der Waals surface area contributed by atoms with E-state index in [9.17, 15) is 0 Å². The second-order valence-corrected chi connectivity index (χ2v) is 7.83. The monoisotopic (exact) mass is 305 g/mol. The Morgan fingerprint density at radius 3 is 2.86 bits per heavy atom. The molecule has 4 heteroatoms. The van der Waals surface area contributed by atoms with Crippen molar-refractivity contribution >= 4 is 22.8 Å². The zero-order valence-electron chi connectivity index (χ0n) is 13.4. The summed E-state index contributed by atoms with van der Waals surface area (Å²) in [6.45, 7) is 8.82. The summed E-state index contributed by atoms with van der Waals surface area (Å²) >= 11 is 6.41. The molecular formula is C17H24ClN3. The van der Waals surface area contributed by atoms with Gasteiger partial charge in [-0.25, -0.2) is 9.97 Å². The van der Waals surface area contributed by atoms with Gasteiger partial charge >= 0.3 is 0 Å². The number of alkyl halides is 1. The van der Waals surface area contributed by atoms with E-state index >= 15 is 0 Å². The third-order valence-electron chi connectivity index (χ3n) is 4.71. The fourth-order valence-corrected chi connectivity index (χ4v) is 3.80. The van der Waals surface area contributed by atoms with Crippen LogP contribution in [0, 0.1) is 12.3 Å². The molecule has 2 unspecified atom stereocenters. The van der Waals surface area contributed by atoms with E-state index in [1.807, 2.05) is 19.2 Å². The zero-order chi connectivity index (χ0) is 15.2. The summed E-state index contributed by atoms with van der Waals surface area (Å²) in [7, 11) is 0. The lowest BCUT2D eigenvalue weighted by Gasteiger charge is -2.36. The van der Waals surface area contributed by atoms with E-state index in [-0.39, 0.29) is 5.38 Å². The topological polar surface area (TPSA) is 30.7 Å². The van der Waals surface area contributed by atoms with Crippen LogP contribution in [-0.2, 0) is 0 Å². The quantitative estimate of drug-likeness (QED) is 0.716. The Labute approximate surface area is 131 Å². The van der Waals surface area contributed by atoms with Gasteiger partial charge in [0.05, 0.1) is 5.38 Å². The van der Waals surface area contributed by atoms with Crippen molar-refractivity contribution in [3.63, 3.8) is 0 Å². The predicted molar refractivity (Wildman–Crippen MR) is 87.8 cm³/mol. The average Bonchev–Trinajstić information content (AvgIpc) is 2.78. The molecule has 2 aromatic rings. The fraction of sp³-hybridized carbons (Fsp3) is 0.647. The van der Waals surface area contributed by atoms with Gasteiger partial charge in [0.25, 0.3) is 0 Å². The van der Waals surface area contributed by atoms with E-state index in [1.54, 1.807) is 0 Å². The van der Waals surface area contributed by atoms with Crippen LogP contribution in [0.2, 0.25) is 0 Å². The number of rotatable bonds is 2. The molecule has 3 nitrogen and oxygen atoms in total.